The zero-order valence-electron chi connectivity index (χ0n) is 13.6. The fourth-order valence-electron chi connectivity index (χ4n) is 2.50. The van der Waals surface area contributed by atoms with Gasteiger partial charge in [0.05, 0.1) is 11.7 Å². The largest absolute Gasteiger partial charge is 0.417 e. The van der Waals surface area contributed by atoms with Crippen LogP contribution in [0.1, 0.15) is 28.4 Å². The maximum absolute atomic E-state index is 12.9. The van der Waals surface area contributed by atoms with Gasteiger partial charge in [0.1, 0.15) is 0 Å². The van der Waals surface area contributed by atoms with Gasteiger partial charge in [-0.05, 0) is 37.1 Å². The van der Waals surface area contributed by atoms with Crippen LogP contribution in [0, 0.1) is 13.8 Å². The summed E-state index contributed by atoms with van der Waals surface area (Å²) in [6.07, 6.45) is -4.20. The molecular weight excluding hydrogens is 351 g/mol. The maximum Gasteiger partial charge on any atom is 0.417 e. The predicted molar refractivity (Wildman–Crippen MR) is 89.6 cm³/mol. The molecule has 1 aromatic carbocycles. The lowest BCUT2D eigenvalue weighted by Crippen LogP contribution is -2.07. The van der Waals surface area contributed by atoms with E-state index in [0.29, 0.717) is 10.8 Å². The van der Waals surface area contributed by atoms with E-state index in [1.54, 1.807) is 0 Å². The number of rotatable bonds is 4. The van der Waals surface area contributed by atoms with Crippen LogP contribution < -0.4 is 0 Å². The molecule has 3 rings (SSSR count). The maximum atomic E-state index is 12.9. The van der Waals surface area contributed by atoms with Gasteiger partial charge in [-0.3, -0.25) is 4.40 Å². The average molecular weight is 367 g/mol. The van der Waals surface area contributed by atoms with Crippen molar-refractivity contribution in [3.63, 3.8) is 0 Å². The number of hydrogen-bond acceptors (Lipinski definition) is 4. The van der Waals surface area contributed by atoms with Crippen molar-refractivity contribution in [3.8, 4) is 0 Å². The normalized spacial score (nSPS) is 13.4. The SMILES string of the molecule is Cc1ccc(C)c([C@@H](O)CSc2nnc3ccc(C(F)(F)F)cn23)c1. The molecule has 1 N–H and O–H groups in total. The van der Waals surface area contributed by atoms with Crippen LogP contribution in [0.25, 0.3) is 5.65 Å². The molecule has 2 heterocycles. The molecule has 3 aromatic rings. The molecule has 0 bridgehead atoms. The van der Waals surface area contributed by atoms with E-state index in [9.17, 15) is 18.3 Å². The first-order chi connectivity index (χ1) is 11.8. The third-order valence-corrected chi connectivity index (χ3v) is 4.88. The number of fused-ring (bicyclic) bond motifs is 1. The molecule has 0 aliphatic heterocycles. The first kappa shape index (κ1) is 17.8. The molecule has 0 aliphatic carbocycles. The minimum atomic E-state index is -4.43. The van der Waals surface area contributed by atoms with Crippen molar-refractivity contribution in [2.75, 3.05) is 5.75 Å². The van der Waals surface area contributed by atoms with Crippen LogP contribution in [0.5, 0.6) is 0 Å². The first-order valence-corrected chi connectivity index (χ1v) is 8.54. The van der Waals surface area contributed by atoms with Gasteiger partial charge in [-0.15, -0.1) is 10.2 Å². The molecule has 0 radical (unpaired) electrons. The minimum Gasteiger partial charge on any atom is -0.388 e. The molecule has 0 amide bonds. The molecule has 25 heavy (non-hydrogen) atoms. The number of nitrogens with zero attached hydrogens (tertiary/aromatic N) is 3. The Morgan fingerprint density at radius 2 is 1.92 bits per heavy atom. The molecule has 8 heteroatoms. The molecule has 0 fully saturated rings. The summed E-state index contributed by atoms with van der Waals surface area (Å²) in [5.74, 6) is 0.265. The molecule has 0 unspecified atom stereocenters. The standard InChI is InChI=1S/C17H16F3N3OS/c1-10-3-4-11(2)13(7-10)14(24)9-25-16-22-21-15-6-5-12(8-23(15)16)17(18,19)20/h3-8,14,24H,9H2,1-2H3/t14-/m0/s1. The number of thioether (sulfide) groups is 1. The number of halogens is 3. The second kappa shape index (κ2) is 6.68. The minimum absolute atomic E-state index is 0.265. The summed E-state index contributed by atoms with van der Waals surface area (Å²) >= 11 is 1.17. The van der Waals surface area contributed by atoms with Gasteiger partial charge in [0, 0.05) is 11.9 Å². The van der Waals surface area contributed by atoms with Crippen LogP contribution in [-0.4, -0.2) is 25.5 Å². The lowest BCUT2D eigenvalue weighted by molar-refractivity contribution is -0.137. The number of aliphatic hydroxyl groups is 1. The van der Waals surface area contributed by atoms with Crippen molar-refractivity contribution in [3.05, 3.63) is 58.8 Å². The Balaban J connectivity index is 1.82. The summed E-state index contributed by atoms with van der Waals surface area (Å²) in [7, 11) is 0. The van der Waals surface area contributed by atoms with Crippen molar-refractivity contribution >= 4 is 17.4 Å². The fraction of sp³-hybridized carbons (Fsp3) is 0.294. The van der Waals surface area contributed by atoms with Crippen molar-refractivity contribution in [1.29, 1.82) is 0 Å². The van der Waals surface area contributed by atoms with E-state index < -0.39 is 17.8 Å². The van der Waals surface area contributed by atoms with Crippen molar-refractivity contribution in [2.45, 2.75) is 31.3 Å². The Kier molecular flexibility index (Phi) is 4.75. The number of aromatic nitrogens is 3. The van der Waals surface area contributed by atoms with Gasteiger partial charge in [0.25, 0.3) is 0 Å². The number of alkyl halides is 3. The molecule has 1 atom stereocenters. The van der Waals surface area contributed by atoms with Gasteiger partial charge in [0.2, 0.25) is 0 Å². The smallest absolute Gasteiger partial charge is 0.388 e. The fourth-order valence-corrected chi connectivity index (χ4v) is 3.37. The van der Waals surface area contributed by atoms with Crippen molar-refractivity contribution in [2.24, 2.45) is 0 Å². The topological polar surface area (TPSA) is 50.4 Å². The monoisotopic (exact) mass is 367 g/mol. The number of benzene rings is 1. The molecule has 132 valence electrons. The van der Waals surface area contributed by atoms with E-state index in [0.717, 1.165) is 29.0 Å². The zero-order chi connectivity index (χ0) is 18.2. The number of aryl methyl sites for hydroxylation is 2. The Morgan fingerprint density at radius 1 is 1.16 bits per heavy atom. The highest BCUT2D eigenvalue weighted by atomic mass is 32.2. The Morgan fingerprint density at radius 3 is 2.64 bits per heavy atom. The summed E-state index contributed by atoms with van der Waals surface area (Å²) in [6, 6.07) is 8.05. The lowest BCUT2D eigenvalue weighted by atomic mass is 10.0. The molecule has 0 spiro atoms. The summed E-state index contributed by atoms with van der Waals surface area (Å²) in [5.41, 5.74) is 2.36. The Hall–Kier alpha value is -2.06. The second-order valence-electron chi connectivity index (χ2n) is 5.81. The summed E-state index contributed by atoms with van der Waals surface area (Å²) in [6.45, 7) is 3.85. The second-order valence-corrected chi connectivity index (χ2v) is 6.80. The van der Waals surface area contributed by atoms with Gasteiger partial charge >= 0.3 is 6.18 Å². The van der Waals surface area contributed by atoms with Crippen LogP contribution in [0.15, 0.2) is 41.7 Å². The molecule has 2 aromatic heterocycles. The van der Waals surface area contributed by atoms with Gasteiger partial charge in [-0.25, -0.2) is 0 Å². The zero-order valence-corrected chi connectivity index (χ0v) is 14.4. The summed E-state index contributed by atoms with van der Waals surface area (Å²) in [4.78, 5) is 0. The van der Waals surface area contributed by atoms with Crippen LogP contribution in [0.4, 0.5) is 13.2 Å². The number of pyridine rings is 1. The summed E-state index contributed by atoms with van der Waals surface area (Å²) < 4.78 is 39.9. The third-order valence-electron chi connectivity index (χ3n) is 3.86. The van der Waals surface area contributed by atoms with E-state index in [2.05, 4.69) is 10.2 Å². The lowest BCUT2D eigenvalue weighted by Gasteiger charge is -2.14. The van der Waals surface area contributed by atoms with Crippen LogP contribution in [0.3, 0.4) is 0 Å². The quantitative estimate of drug-likeness (QED) is 0.703. The van der Waals surface area contributed by atoms with Gasteiger partial charge in [0.15, 0.2) is 10.8 Å². The van der Waals surface area contributed by atoms with Gasteiger partial charge in [-0.2, -0.15) is 13.2 Å². The van der Waals surface area contributed by atoms with Gasteiger partial charge in [-0.1, -0.05) is 35.5 Å². The number of hydrogen-bond donors (Lipinski definition) is 1. The molecular formula is C17H16F3N3OS. The molecule has 0 saturated heterocycles. The molecule has 4 nitrogen and oxygen atoms in total. The van der Waals surface area contributed by atoms with Crippen LogP contribution >= 0.6 is 11.8 Å². The van der Waals surface area contributed by atoms with Crippen molar-refractivity contribution in [1.82, 2.24) is 14.6 Å². The Labute approximate surface area is 146 Å². The van der Waals surface area contributed by atoms with E-state index in [1.807, 2.05) is 32.0 Å². The van der Waals surface area contributed by atoms with E-state index in [4.69, 9.17) is 0 Å². The van der Waals surface area contributed by atoms with Crippen LogP contribution in [0.2, 0.25) is 0 Å². The highest BCUT2D eigenvalue weighted by molar-refractivity contribution is 7.99. The van der Waals surface area contributed by atoms with Crippen LogP contribution in [-0.2, 0) is 6.18 Å². The van der Waals surface area contributed by atoms with E-state index >= 15 is 0 Å². The van der Waals surface area contributed by atoms with Crippen molar-refractivity contribution < 1.29 is 18.3 Å². The van der Waals surface area contributed by atoms with E-state index in [1.165, 1.54) is 22.2 Å². The molecule has 0 aliphatic rings. The first-order valence-electron chi connectivity index (χ1n) is 7.55. The number of aliphatic hydroxyl groups excluding tert-OH is 1. The molecule has 0 saturated carbocycles. The Bertz CT molecular complexity index is 908. The van der Waals surface area contributed by atoms with E-state index in [-0.39, 0.29) is 5.75 Å². The summed E-state index contributed by atoms with van der Waals surface area (Å²) in [5, 5.41) is 18.5. The highest BCUT2D eigenvalue weighted by Crippen LogP contribution is 2.31. The van der Waals surface area contributed by atoms with Gasteiger partial charge < -0.3 is 5.11 Å². The average Bonchev–Trinajstić information content (AvgIpc) is 2.96. The predicted octanol–water partition coefficient (Wildman–Crippen LogP) is 4.19. The third kappa shape index (κ3) is 3.80. The highest BCUT2D eigenvalue weighted by Gasteiger charge is 2.31.